The summed E-state index contributed by atoms with van der Waals surface area (Å²) in [5.74, 6) is 0.489. The Bertz CT molecular complexity index is 803. The van der Waals surface area contributed by atoms with Gasteiger partial charge in [-0.1, -0.05) is 42.5 Å². The van der Waals surface area contributed by atoms with Crippen LogP contribution < -0.4 is 10.1 Å². The van der Waals surface area contributed by atoms with E-state index >= 15 is 0 Å². The quantitative estimate of drug-likeness (QED) is 0.720. The Kier molecular flexibility index (Phi) is 5.41. The maximum absolute atomic E-state index is 12.3. The lowest BCUT2D eigenvalue weighted by molar-refractivity contribution is -0.124. The number of nitrogens with one attached hydrogen (secondary N) is 1. The average Bonchev–Trinajstić information content (AvgIpc) is 3.13. The minimum absolute atomic E-state index is 0.0423. The van der Waals surface area contributed by atoms with Crippen LogP contribution in [0.4, 0.5) is 0 Å². The van der Waals surface area contributed by atoms with Crippen LogP contribution in [0.1, 0.15) is 17.2 Å². The number of hydrogen-bond donors (Lipinski definition) is 1. The number of ether oxygens (including phenoxy) is 1. The molecule has 0 saturated heterocycles. The number of carbonyl (C=O) groups excluding carboxylic acids is 1. The summed E-state index contributed by atoms with van der Waals surface area (Å²) in [6, 6.07) is 17.1. The monoisotopic (exact) mass is 336 g/mol. The highest BCUT2D eigenvalue weighted by Crippen LogP contribution is 2.15. The summed E-state index contributed by atoms with van der Waals surface area (Å²) in [6.07, 6.45) is 3.23. The zero-order valence-electron chi connectivity index (χ0n) is 14.0. The van der Waals surface area contributed by atoms with Crippen LogP contribution in [0.3, 0.4) is 0 Å². The SMILES string of the molecule is Cc1cccc(OCC(=O)NC(Cn2nccn2)c2ccccc2)c1. The Morgan fingerprint density at radius 3 is 2.60 bits per heavy atom. The molecule has 1 aromatic heterocycles. The van der Waals surface area contributed by atoms with Crippen molar-refractivity contribution < 1.29 is 9.53 Å². The van der Waals surface area contributed by atoms with Crippen LogP contribution in [0.15, 0.2) is 67.0 Å². The Morgan fingerprint density at radius 2 is 1.88 bits per heavy atom. The molecular formula is C19H20N4O2. The summed E-state index contributed by atoms with van der Waals surface area (Å²) in [4.78, 5) is 13.9. The highest BCUT2D eigenvalue weighted by Gasteiger charge is 2.16. The molecule has 1 unspecified atom stereocenters. The van der Waals surface area contributed by atoms with Crippen molar-refractivity contribution in [2.75, 3.05) is 6.61 Å². The second-order valence-electron chi connectivity index (χ2n) is 5.72. The Hall–Kier alpha value is -3.15. The molecule has 2 aromatic carbocycles. The Labute approximate surface area is 146 Å². The molecule has 6 nitrogen and oxygen atoms in total. The first-order valence-corrected chi connectivity index (χ1v) is 8.08. The van der Waals surface area contributed by atoms with E-state index < -0.39 is 0 Å². The van der Waals surface area contributed by atoms with Crippen LogP contribution in [0, 0.1) is 6.92 Å². The molecule has 1 heterocycles. The normalized spacial score (nSPS) is 11.7. The lowest BCUT2D eigenvalue weighted by atomic mass is 10.1. The summed E-state index contributed by atoms with van der Waals surface area (Å²) in [7, 11) is 0. The van der Waals surface area contributed by atoms with Gasteiger partial charge in [0, 0.05) is 0 Å². The van der Waals surface area contributed by atoms with Gasteiger partial charge in [-0.3, -0.25) is 4.79 Å². The second kappa shape index (κ2) is 8.10. The molecule has 3 aromatic rings. The van der Waals surface area contributed by atoms with Crippen LogP contribution >= 0.6 is 0 Å². The maximum Gasteiger partial charge on any atom is 0.258 e. The zero-order chi connectivity index (χ0) is 17.5. The molecule has 1 amide bonds. The second-order valence-corrected chi connectivity index (χ2v) is 5.72. The van der Waals surface area contributed by atoms with Gasteiger partial charge in [0.15, 0.2) is 6.61 Å². The molecular weight excluding hydrogens is 316 g/mol. The Balaban J connectivity index is 1.64. The fourth-order valence-corrected chi connectivity index (χ4v) is 2.51. The van der Waals surface area contributed by atoms with E-state index in [0.717, 1.165) is 11.1 Å². The molecule has 0 spiro atoms. The molecule has 0 aliphatic carbocycles. The first-order valence-electron chi connectivity index (χ1n) is 8.08. The van der Waals surface area contributed by atoms with E-state index in [-0.39, 0.29) is 18.6 Å². The summed E-state index contributed by atoms with van der Waals surface area (Å²) in [5, 5.41) is 11.2. The third kappa shape index (κ3) is 4.91. The lowest BCUT2D eigenvalue weighted by Crippen LogP contribution is -2.35. The minimum Gasteiger partial charge on any atom is -0.484 e. The van der Waals surface area contributed by atoms with Gasteiger partial charge in [-0.05, 0) is 30.2 Å². The predicted molar refractivity (Wildman–Crippen MR) is 94.0 cm³/mol. The number of carbonyl (C=O) groups is 1. The highest BCUT2D eigenvalue weighted by atomic mass is 16.5. The fraction of sp³-hybridized carbons (Fsp3) is 0.211. The minimum atomic E-state index is -0.234. The van der Waals surface area contributed by atoms with E-state index in [0.29, 0.717) is 12.3 Å². The maximum atomic E-state index is 12.3. The van der Waals surface area contributed by atoms with Crippen molar-refractivity contribution in [3.05, 3.63) is 78.1 Å². The van der Waals surface area contributed by atoms with Crippen molar-refractivity contribution in [2.24, 2.45) is 0 Å². The summed E-state index contributed by atoms with van der Waals surface area (Å²) in [5.41, 5.74) is 2.08. The molecule has 3 rings (SSSR count). The lowest BCUT2D eigenvalue weighted by Gasteiger charge is -2.19. The van der Waals surface area contributed by atoms with E-state index in [4.69, 9.17) is 4.74 Å². The van der Waals surface area contributed by atoms with Gasteiger partial charge in [-0.15, -0.1) is 0 Å². The number of aryl methyl sites for hydroxylation is 1. The van der Waals surface area contributed by atoms with Crippen LogP contribution in [0.5, 0.6) is 5.75 Å². The summed E-state index contributed by atoms with van der Waals surface area (Å²) >= 11 is 0. The molecule has 0 radical (unpaired) electrons. The van der Waals surface area contributed by atoms with Crippen molar-refractivity contribution in [3.63, 3.8) is 0 Å². The molecule has 1 N–H and O–H groups in total. The van der Waals surface area contributed by atoms with Gasteiger partial charge in [0.25, 0.3) is 5.91 Å². The summed E-state index contributed by atoms with van der Waals surface area (Å²) in [6.45, 7) is 2.39. The molecule has 0 saturated carbocycles. The fourth-order valence-electron chi connectivity index (χ4n) is 2.51. The van der Waals surface area contributed by atoms with Crippen molar-refractivity contribution in [1.29, 1.82) is 0 Å². The van der Waals surface area contributed by atoms with Gasteiger partial charge >= 0.3 is 0 Å². The Morgan fingerprint density at radius 1 is 1.12 bits per heavy atom. The third-order valence-electron chi connectivity index (χ3n) is 3.71. The van der Waals surface area contributed by atoms with Crippen LogP contribution in [0.25, 0.3) is 0 Å². The van der Waals surface area contributed by atoms with E-state index in [1.807, 2.05) is 61.5 Å². The van der Waals surface area contributed by atoms with Crippen LogP contribution in [-0.2, 0) is 11.3 Å². The van der Waals surface area contributed by atoms with Gasteiger partial charge in [-0.25, -0.2) is 0 Å². The topological polar surface area (TPSA) is 69.0 Å². The van der Waals surface area contributed by atoms with Gasteiger partial charge in [-0.2, -0.15) is 15.0 Å². The molecule has 0 fully saturated rings. The highest BCUT2D eigenvalue weighted by molar-refractivity contribution is 5.78. The molecule has 1 atom stereocenters. The van der Waals surface area contributed by atoms with E-state index in [1.54, 1.807) is 17.2 Å². The van der Waals surface area contributed by atoms with Crippen molar-refractivity contribution >= 4 is 5.91 Å². The number of nitrogens with zero attached hydrogens (tertiary/aromatic N) is 3. The number of hydrogen-bond acceptors (Lipinski definition) is 4. The molecule has 6 heteroatoms. The molecule has 0 bridgehead atoms. The van der Waals surface area contributed by atoms with E-state index in [1.165, 1.54) is 0 Å². The van der Waals surface area contributed by atoms with Gasteiger partial charge in [0.05, 0.1) is 25.0 Å². The smallest absolute Gasteiger partial charge is 0.258 e. The molecule has 128 valence electrons. The van der Waals surface area contributed by atoms with Gasteiger partial charge in [0.1, 0.15) is 5.75 Å². The number of rotatable bonds is 7. The molecule has 0 aliphatic rings. The number of aromatic nitrogens is 3. The van der Waals surface area contributed by atoms with Crippen LogP contribution in [-0.4, -0.2) is 27.5 Å². The largest absolute Gasteiger partial charge is 0.484 e. The predicted octanol–water partition coefficient (Wildman–Crippen LogP) is 2.52. The van der Waals surface area contributed by atoms with Crippen molar-refractivity contribution in [1.82, 2.24) is 20.3 Å². The van der Waals surface area contributed by atoms with Crippen LogP contribution in [0.2, 0.25) is 0 Å². The number of benzene rings is 2. The first-order chi connectivity index (χ1) is 12.2. The third-order valence-corrected chi connectivity index (χ3v) is 3.71. The molecule has 0 aliphatic heterocycles. The van der Waals surface area contributed by atoms with Gasteiger partial charge in [0.2, 0.25) is 0 Å². The van der Waals surface area contributed by atoms with Gasteiger partial charge < -0.3 is 10.1 Å². The zero-order valence-corrected chi connectivity index (χ0v) is 14.0. The molecule has 25 heavy (non-hydrogen) atoms. The van der Waals surface area contributed by atoms with Crippen molar-refractivity contribution in [3.8, 4) is 5.75 Å². The standard InChI is InChI=1S/C19H20N4O2/c1-15-6-5-9-17(12-15)25-14-19(24)22-18(13-23-20-10-11-21-23)16-7-3-2-4-8-16/h2-12,18H,13-14H2,1H3,(H,22,24). The average molecular weight is 336 g/mol. The number of amides is 1. The van der Waals surface area contributed by atoms with Crippen molar-refractivity contribution in [2.45, 2.75) is 19.5 Å². The first kappa shape index (κ1) is 16.7. The van der Waals surface area contributed by atoms with E-state index in [9.17, 15) is 4.79 Å². The van der Waals surface area contributed by atoms with E-state index in [2.05, 4.69) is 15.5 Å². The summed E-state index contributed by atoms with van der Waals surface area (Å²) < 4.78 is 5.57.